The second-order valence-electron chi connectivity index (χ2n) is 9.97. The first-order chi connectivity index (χ1) is 17.7. The number of aromatic nitrogens is 3. The van der Waals surface area contributed by atoms with Crippen LogP contribution in [0, 0.1) is 11.3 Å². The van der Waals surface area contributed by atoms with Crippen molar-refractivity contribution in [2.75, 3.05) is 17.7 Å². The third kappa shape index (κ3) is 6.27. The third-order valence-electron chi connectivity index (χ3n) is 6.04. The van der Waals surface area contributed by atoms with Gasteiger partial charge >= 0.3 is 12.1 Å². The molecule has 2 aromatic heterocycles. The number of carbonyl (C=O) groups is 2. The van der Waals surface area contributed by atoms with Crippen LogP contribution in [0.1, 0.15) is 62.4 Å². The van der Waals surface area contributed by atoms with Gasteiger partial charge in [-0.05, 0) is 57.9 Å². The summed E-state index contributed by atoms with van der Waals surface area (Å²) in [5.74, 6) is -0.0974. The Hall–Kier alpha value is -4.33. The van der Waals surface area contributed by atoms with E-state index in [9.17, 15) is 14.9 Å². The molecule has 1 aromatic carbocycles. The van der Waals surface area contributed by atoms with Crippen molar-refractivity contribution >= 4 is 40.3 Å². The average molecular weight is 506 g/mol. The van der Waals surface area contributed by atoms with Crippen molar-refractivity contribution in [3.05, 3.63) is 41.6 Å². The molecule has 11 heteroatoms. The molecule has 11 nitrogen and oxygen atoms in total. The summed E-state index contributed by atoms with van der Waals surface area (Å²) in [7, 11) is 1.26. The molecule has 3 aromatic rings. The summed E-state index contributed by atoms with van der Waals surface area (Å²) in [5, 5.41) is 27.2. The van der Waals surface area contributed by atoms with E-state index in [1.54, 1.807) is 6.20 Å². The molecule has 194 valence electrons. The maximum atomic E-state index is 12.6. The van der Waals surface area contributed by atoms with Gasteiger partial charge in [0.25, 0.3) is 0 Å². The number of amides is 1. The number of hydrogen-bond donors (Lipinski definition) is 4. The number of pyridine rings is 1. The number of hydrogen-bond acceptors (Lipinski definition) is 9. The zero-order valence-corrected chi connectivity index (χ0v) is 21.3. The molecule has 4 N–H and O–H groups in total. The molecule has 2 unspecified atom stereocenters. The number of alkyl carbamates (subject to hydrolysis) is 1. The average Bonchev–Trinajstić information content (AvgIpc) is 3.31. The molecular weight excluding hydrogens is 474 g/mol. The Morgan fingerprint density at radius 1 is 1.16 bits per heavy atom. The molecule has 0 bridgehead atoms. The van der Waals surface area contributed by atoms with Gasteiger partial charge < -0.3 is 25.4 Å². The Morgan fingerprint density at radius 2 is 1.92 bits per heavy atom. The van der Waals surface area contributed by atoms with Gasteiger partial charge in [0.05, 0.1) is 30.4 Å². The van der Waals surface area contributed by atoms with Crippen molar-refractivity contribution in [2.24, 2.45) is 0 Å². The monoisotopic (exact) mass is 505 g/mol. The number of esters is 1. The minimum atomic E-state index is -0.678. The number of ether oxygens (including phenoxy) is 2. The summed E-state index contributed by atoms with van der Waals surface area (Å²) in [6.07, 6.45) is 4.75. The summed E-state index contributed by atoms with van der Waals surface area (Å²) in [4.78, 5) is 29.7. The fourth-order valence-corrected chi connectivity index (χ4v) is 4.38. The van der Waals surface area contributed by atoms with Crippen molar-refractivity contribution in [2.45, 2.75) is 64.1 Å². The number of nitriles is 1. The third-order valence-corrected chi connectivity index (χ3v) is 6.04. The number of anilines is 3. The zero-order valence-electron chi connectivity index (χ0n) is 21.3. The van der Waals surface area contributed by atoms with Crippen molar-refractivity contribution in [3.8, 4) is 6.07 Å². The highest BCUT2D eigenvalue weighted by Gasteiger charge is 2.29. The van der Waals surface area contributed by atoms with Crippen LogP contribution >= 0.6 is 0 Å². The van der Waals surface area contributed by atoms with E-state index in [0.29, 0.717) is 11.5 Å². The van der Waals surface area contributed by atoms with Gasteiger partial charge in [0.15, 0.2) is 0 Å². The molecule has 1 saturated carbocycles. The Kier molecular flexibility index (Phi) is 7.47. The van der Waals surface area contributed by atoms with Gasteiger partial charge in [-0.25, -0.2) is 14.6 Å². The topological polar surface area (TPSA) is 154 Å². The second-order valence-corrected chi connectivity index (χ2v) is 9.97. The van der Waals surface area contributed by atoms with Gasteiger partial charge in [-0.2, -0.15) is 10.4 Å². The van der Waals surface area contributed by atoms with E-state index in [4.69, 9.17) is 9.47 Å². The molecule has 0 radical (unpaired) electrons. The van der Waals surface area contributed by atoms with Gasteiger partial charge in [0.1, 0.15) is 28.9 Å². The fourth-order valence-electron chi connectivity index (χ4n) is 4.38. The molecule has 1 fully saturated rings. The Balaban J connectivity index is 1.63. The standard InChI is InChI=1S/C26H31N7O4/c1-26(2,3)37-25(35)31-19-8-6-5-7-18(19)30-21-11-16(13-27)22(24(34)36-4)23(32-21)29-17-10-9-15-14-28-33-20(15)12-17/h9-12,14,18-19H,5-8H2,1-4H3,(H,28,33)(H,31,35)(H2,29,30,32). The van der Waals surface area contributed by atoms with Crippen LogP contribution in [0.2, 0.25) is 0 Å². The molecule has 0 aliphatic heterocycles. The van der Waals surface area contributed by atoms with E-state index < -0.39 is 17.7 Å². The maximum Gasteiger partial charge on any atom is 0.407 e. The van der Waals surface area contributed by atoms with Crippen molar-refractivity contribution in [1.29, 1.82) is 5.26 Å². The lowest BCUT2D eigenvalue weighted by Crippen LogP contribution is -2.49. The SMILES string of the molecule is COC(=O)c1c(C#N)cc(NC2CCCCC2NC(=O)OC(C)(C)C)nc1Nc1ccc2cn[nH]c2c1. The van der Waals surface area contributed by atoms with Gasteiger partial charge in [0.2, 0.25) is 0 Å². The molecule has 1 aliphatic carbocycles. The smallest absolute Gasteiger partial charge is 0.407 e. The quantitative estimate of drug-likeness (QED) is 0.352. The molecule has 0 saturated heterocycles. The number of nitrogens with zero attached hydrogens (tertiary/aromatic N) is 3. The van der Waals surface area contributed by atoms with E-state index in [0.717, 1.165) is 36.6 Å². The van der Waals surface area contributed by atoms with Crippen molar-refractivity contribution in [3.63, 3.8) is 0 Å². The van der Waals surface area contributed by atoms with Gasteiger partial charge in [-0.15, -0.1) is 0 Å². The Morgan fingerprint density at radius 3 is 2.62 bits per heavy atom. The summed E-state index contributed by atoms with van der Waals surface area (Å²) < 4.78 is 10.4. The second kappa shape index (κ2) is 10.7. The van der Waals surface area contributed by atoms with E-state index in [2.05, 4.69) is 37.2 Å². The van der Waals surface area contributed by atoms with E-state index in [1.165, 1.54) is 13.2 Å². The van der Waals surface area contributed by atoms with Crippen LogP contribution in [0.4, 0.5) is 22.1 Å². The van der Waals surface area contributed by atoms with Gasteiger partial charge in [0, 0.05) is 17.1 Å². The molecule has 4 rings (SSSR count). The number of H-pyrrole nitrogens is 1. The highest BCUT2D eigenvalue weighted by Crippen LogP contribution is 2.29. The lowest BCUT2D eigenvalue weighted by molar-refractivity contribution is 0.0487. The number of nitrogens with one attached hydrogen (secondary N) is 4. The molecule has 1 amide bonds. The summed E-state index contributed by atoms with van der Waals surface area (Å²) in [6.45, 7) is 5.45. The zero-order chi connectivity index (χ0) is 26.6. The maximum absolute atomic E-state index is 12.6. The van der Waals surface area contributed by atoms with Gasteiger partial charge in [-0.1, -0.05) is 12.8 Å². The predicted octanol–water partition coefficient (Wildman–Crippen LogP) is 4.61. The molecule has 2 atom stereocenters. The number of rotatable bonds is 6. The van der Waals surface area contributed by atoms with Gasteiger partial charge in [-0.3, -0.25) is 5.10 Å². The van der Waals surface area contributed by atoms with E-state index >= 15 is 0 Å². The Labute approximate surface area is 214 Å². The number of carbonyl (C=O) groups excluding carboxylic acids is 2. The van der Waals surface area contributed by atoms with Crippen LogP contribution in [0.15, 0.2) is 30.5 Å². The van der Waals surface area contributed by atoms with Crippen molar-refractivity contribution < 1.29 is 19.1 Å². The number of methoxy groups -OCH3 is 1. The van der Waals surface area contributed by atoms with Crippen LogP contribution in [0.5, 0.6) is 0 Å². The molecular formula is C26H31N7O4. The lowest BCUT2D eigenvalue weighted by Gasteiger charge is -2.34. The molecule has 37 heavy (non-hydrogen) atoms. The molecule has 0 spiro atoms. The summed E-state index contributed by atoms with van der Waals surface area (Å²) >= 11 is 0. The van der Waals surface area contributed by atoms with E-state index in [1.807, 2.05) is 39.0 Å². The molecule has 2 heterocycles. The minimum absolute atomic E-state index is 0.0346. The van der Waals surface area contributed by atoms with Crippen LogP contribution in [-0.2, 0) is 9.47 Å². The Bertz CT molecular complexity index is 1340. The lowest BCUT2D eigenvalue weighted by atomic mass is 9.90. The van der Waals surface area contributed by atoms with E-state index in [-0.39, 0.29) is 29.0 Å². The fraction of sp³-hybridized carbons (Fsp3) is 0.423. The first-order valence-electron chi connectivity index (χ1n) is 12.2. The van der Waals surface area contributed by atoms with Crippen LogP contribution < -0.4 is 16.0 Å². The number of aromatic amines is 1. The number of fused-ring (bicyclic) bond motifs is 1. The van der Waals surface area contributed by atoms with Crippen LogP contribution in [-0.4, -0.2) is 52.0 Å². The first-order valence-corrected chi connectivity index (χ1v) is 12.2. The number of benzene rings is 1. The minimum Gasteiger partial charge on any atom is -0.465 e. The first kappa shape index (κ1) is 25.8. The predicted molar refractivity (Wildman–Crippen MR) is 139 cm³/mol. The van der Waals surface area contributed by atoms with Crippen molar-refractivity contribution in [1.82, 2.24) is 20.5 Å². The van der Waals surface area contributed by atoms with Crippen LogP contribution in [0.3, 0.4) is 0 Å². The van der Waals surface area contributed by atoms with Crippen LogP contribution in [0.25, 0.3) is 10.9 Å². The summed E-state index contributed by atoms with van der Waals surface area (Å²) in [5.41, 5.74) is 0.999. The largest absolute Gasteiger partial charge is 0.465 e. The highest BCUT2D eigenvalue weighted by molar-refractivity contribution is 5.99. The molecule has 1 aliphatic rings. The highest BCUT2D eigenvalue weighted by atomic mass is 16.6. The summed E-state index contributed by atoms with van der Waals surface area (Å²) in [6, 6.07) is 8.82. The normalized spacial score (nSPS) is 17.5.